The molecule has 5 rings (SSSR count). The van der Waals surface area contributed by atoms with Gasteiger partial charge in [0, 0.05) is 30.2 Å². The molecular weight excluding hydrogens is 455 g/mol. The number of amides is 2. The Morgan fingerprint density at radius 2 is 1.64 bits per heavy atom. The quantitative estimate of drug-likeness (QED) is 0.515. The summed E-state index contributed by atoms with van der Waals surface area (Å²) in [6.45, 7) is 0.673. The molecule has 3 aromatic rings. The summed E-state index contributed by atoms with van der Waals surface area (Å²) in [6.07, 6.45) is 8.49. The van der Waals surface area contributed by atoms with Crippen molar-refractivity contribution in [2.45, 2.75) is 56.0 Å². The van der Waals surface area contributed by atoms with Gasteiger partial charge in [0.15, 0.2) is 0 Å². The molecule has 1 saturated carbocycles. The first-order valence-corrected chi connectivity index (χ1v) is 12.6. The van der Waals surface area contributed by atoms with E-state index in [1.807, 2.05) is 17.0 Å². The fourth-order valence-electron chi connectivity index (χ4n) is 5.78. The smallest absolute Gasteiger partial charge is 0.255 e. The van der Waals surface area contributed by atoms with E-state index in [-0.39, 0.29) is 29.7 Å². The molecule has 2 aromatic carbocycles. The highest BCUT2D eigenvalue weighted by molar-refractivity contribution is 6.04. The number of carbonyl (C=O) groups excluding carboxylic acids is 2. The summed E-state index contributed by atoms with van der Waals surface area (Å²) >= 11 is 0. The third kappa shape index (κ3) is 4.63. The normalized spacial score (nSPS) is 19.7. The number of benzene rings is 2. The van der Waals surface area contributed by atoms with Crippen LogP contribution in [0.4, 0.5) is 10.1 Å². The Kier molecular flexibility index (Phi) is 6.83. The number of pyridine rings is 1. The molecule has 1 saturated heterocycles. The minimum atomic E-state index is -0.606. The summed E-state index contributed by atoms with van der Waals surface area (Å²) in [7, 11) is 0. The third-order valence-corrected chi connectivity index (χ3v) is 7.73. The number of aromatic nitrogens is 1. The molecule has 1 aliphatic carbocycles. The number of hydrogen-bond acceptors (Lipinski definition) is 4. The molecule has 36 heavy (non-hydrogen) atoms. The van der Waals surface area contributed by atoms with Gasteiger partial charge in [-0.3, -0.25) is 14.6 Å². The second-order valence-corrected chi connectivity index (χ2v) is 9.84. The van der Waals surface area contributed by atoms with Crippen LogP contribution in [0.25, 0.3) is 0 Å². The summed E-state index contributed by atoms with van der Waals surface area (Å²) in [5, 5.41) is 2.85. The van der Waals surface area contributed by atoms with E-state index in [0.717, 1.165) is 49.7 Å². The van der Waals surface area contributed by atoms with Crippen LogP contribution < -0.4 is 11.1 Å². The van der Waals surface area contributed by atoms with Crippen LogP contribution in [0.15, 0.2) is 73.1 Å². The lowest BCUT2D eigenvalue weighted by Gasteiger charge is -2.38. The van der Waals surface area contributed by atoms with E-state index in [1.54, 1.807) is 48.8 Å². The zero-order valence-corrected chi connectivity index (χ0v) is 20.2. The molecule has 1 aliphatic heterocycles. The van der Waals surface area contributed by atoms with Gasteiger partial charge in [-0.25, -0.2) is 4.39 Å². The lowest BCUT2D eigenvalue weighted by atomic mass is 9.77. The molecule has 1 aromatic heterocycles. The van der Waals surface area contributed by atoms with E-state index in [2.05, 4.69) is 10.3 Å². The zero-order chi connectivity index (χ0) is 25.1. The van der Waals surface area contributed by atoms with Crippen molar-refractivity contribution in [3.63, 3.8) is 0 Å². The van der Waals surface area contributed by atoms with Crippen molar-refractivity contribution in [1.29, 1.82) is 0 Å². The molecule has 7 heteroatoms. The molecule has 3 N–H and O–H groups in total. The van der Waals surface area contributed by atoms with Crippen LogP contribution in [0, 0.1) is 5.82 Å². The maximum absolute atomic E-state index is 14.0. The van der Waals surface area contributed by atoms with Crippen LogP contribution in [0.3, 0.4) is 0 Å². The van der Waals surface area contributed by atoms with Crippen molar-refractivity contribution < 1.29 is 14.0 Å². The SMILES string of the molecule is NC(c1ccc(C(=O)Nc2ccncc2)cc1)C1CCCN1C(=O)C1(c2ccc(F)cc2)CCCC1. The predicted octanol–water partition coefficient (Wildman–Crippen LogP) is 4.98. The van der Waals surface area contributed by atoms with E-state index in [1.165, 1.54) is 12.1 Å². The first kappa shape index (κ1) is 24.1. The number of likely N-dealkylation sites (tertiary alicyclic amines) is 1. The van der Waals surface area contributed by atoms with Crippen LogP contribution in [0.1, 0.15) is 66.1 Å². The van der Waals surface area contributed by atoms with Gasteiger partial charge in [-0.05, 0) is 73.2 Å². The monoisotopic (exact) mass is 486 g/mol. The van der Waals surface area contributed by atoms with Crippen molar-refractivity contribution in [1.82, 2.24) is 9.88 Å². The molecule has 0 spiro atoms. The molecule has 2 aliphatic rings. The van der Waals surface area contributed by atoms with Crippen molar-refractivity contribution in [2.24, 2.45) is 5.73 Å². The fraction of sp³-hybridized carbons (Fsp3) is 0.345. The Balaban J connectivity index is 1.33. The highest BCUT2D eigenvalue weighted by atomic mass is 19.1. The standard InChI is InChI=1S/C29H31FN4O2/c30-23-11-9-22(10-12-23)29(15-1-2-16-29)28(36)34-19-3-4-25(34)26(31)20-5-7-21(8-6-20)27(35)33-24-13-17-32-18-14-24/h5-14,17-18,25-26H,1-4,15-16,19,31H2,(H,32,33,35). The first-order valence-electron chi connectivity index (χ1n) is 12.6. The van der Waals surface area contributed by atoms with Crippen LogP contribution in [0.2, 0.25) is 0 Å². The zero-order valence-electron chi connectivity index (χ0n) is 20.2. The van der Waals surface area contributed by atoms with Crippen molar-refractivity contribution in [3.8, 4) is 0 Å². The van der Waals surface area contributed by atoms with Crippen molar-refractivity contribution in [3.05, 3.63) is 95.6 Å². The van der Waals surface area contributed by atoms with Gasteiger partial charge >= 0.3 is 0 Å². The van der Waals surface area contributed by atoms with E-state index in [4.69, 9.17) is 5.73 Å². The van der Waals surface area contributed by atoms with Gasteiger partial charge in [-0.15, -0.1) is 0 Å². The van der Waals surface area contributed by atoms with Crippen molar-refractivity contribution >= 4 is 17.5 Å². The highest BCUT2D eigenvalue weighted by Crippen LogP contribution is 2.44. The average Bonchev–Trinajstić information content (AvgIpc) is 3.60. The highest BCUT2D eigenvalue weighted by Gasteiger charge is 2.48. The van der Waals surface area contributed by atoms with Gasteiger partial charge in [0.25, 0.3) is 5.91 Å². The Morgan fingerprint density at radius 3 is 2.31 bits per heavy atom. The van der Waals surface area contributed by atoms with Crippen LogP contribution in [0.5, 0.6) is 0 Å². The Labute approximate surface area is 210 Å². The lowest BCUT2D eigenvalue weighted by Crippen LogP contribution is -2.50. The number of halogens is 1. The molecule has 2 heterocycles. The summed E-state index contributed by atoms with van der Waals surface area (Å²) < 4.78 is 13.6. The Hall–Kier alpha value is -3.58. The molecule has 2 unspecified atom stereocenters. The Bertz CT molecular complexity index is 1210. The first-order chi connectivity index (χ1) is 17.5. The molecule has 0 radical (unpaired) electrons. The number of carbonyl (C=O) groups is 2. The Morgan fingerprint density at radius 1 is 0.972 bits per heavy atom. The average molecular weight is 487 g/mol. The maximum atomic E-state index is 14.0. The second-order valence-electron chi connectivity index (χ2n) is 9.84. The van der Waals surface area contributed by atoms with Crippen LogP contribution in [-0.2, 0) is 10.2 Å². The largest absolute Gasteiger partial charge is 0.337 e. The number of nitrogens with zero attached hydrogens (tertiary/aromatic N) is 2. The number of rotatable bonds is 6. The number of hydrogen-bond donors (Lipinski definition) is 2. The van der Waals surface area contributed by atoms with E-state index in [9.17, 15) is 14.0 Å². The third-order valence-electron chi connectivity index (χ3n) is 7.73. The predicted molar refractivity (Wildman–Crippen MR) is 137 cm³/mol. The van der Waals surface area contributed by atoms with Crippen LogP contribution >= 0.6 is 0 Å². The fourth-order valence-corrected chi connectivity index (χ4v) is 5.78. The number of anilines is 1. The summed E-state index contributed by atoms with van der Waals surface area (Å²) in [5.74, 6) is -0.391. The molecule has 0 bridgehead atoms. The molecule has 2 amide bonds. The van der Waals surface area contributed by atoms with Gasteiger partial charge < -0.3 is 16.0 Å². The maximum Gasteiger partial charge on any atom is 0.255 e. The van der Waals surface area contributed by atoms with Crippen molar-refractivity contribution in [2.75, 3.05) is 11.9 Å². The van der Waals surface area contributed by atoms with Gasteiger partial charge in [0.05, 0.1) is 17.5 Å². The molecule has 2 atom stereocenters. The van der Waals surface area contributed by atoms with Gasteiger partial charge in [0.1, 0.15) is 5.82 Å². The molecule has 2 fully saturated rings. The summed E-state index contributed by atoms with van der Waals surface area (Å²) in [6, 6.07) is 16.7. The minimum Gasteiger partial charge on any atom is -0.337 e. The molecule has 186 valence electrons. The molecule has 6 nitrogen and oxygen atoms in total. The summed E-state index contributed by atoms with van der Waals surface area (Å²) in [4.78, 5) is 32.5. The van der Waals surface area contributed by atoms with Crippen LogP contribution in [-0.4, -0.2) is 34.3 Å². The second kappa shape index (κ2) is 10.2. The van der Waals surface area contributed by atoms with E-state index in [0.29, 0.717) is 17.8 Å². The number of nitrogens with one attached hydrogen (secondary N) is 1. The van der Waals surface area contributed by atoms with E-state index < -0.39 is 5.41 Å². The summed E-state index contributed by atoms with van der Waals surface area (Å²) in [5.41, 5.74) is 9.12. The number of nitrogens with two attached hydrogens (primary N) is 1. The topological polar surface area (TPSA) is 88.3 Å². The van der Waals surface area contributed by atoms with Gasteiger partial charge in [-0.2, -0.15) is 0 Å². The van der Waals surface area contributed by atoms with Gasteiger partial charge in [0.2, 0.25) is 5.91 Å². The van der Waals surface area contributed by atoms with E-state index >= 15 is 0 Å². The minimum absolute atomic E-state index is 0.109. The lowest BCUT2D eigenvalue weighted by molar-refractivity contribution is -0.138. The van der Waals surface area contributed by atoms with Gasteiger partial charge in [-0.1, -0.05) is 37.1 Å². The molecular formula is C29H31FN4O2.